The van der Waals surface area contributed by atoms with E-state index in [2.05, 4.69) is 10.2 Å². The molecule has 1 fully saturated rings. The molecule has 0 unspecified atom stereocenters. The van der Waals surface area contributed by atoms with Gasteiger partial charge in [0.15, 0.2) is 0 Å². The number of hydrogen-bond donors (Lipinski definition) is 1. The van der Waals surface area contributed by atoms with Crippen LogP contribution in [0.1, 0.15) is 36.9 Å². The molecule has 5 nitrogen and oxygen atoms in total. The fourth-order valence-corrected chi connectivity index (χ4v) is 4.36. The van der Waals surface area contributed by atoms with E-state index < -0.39 is 0 Å². The number of carbonyl (C=O) groups excluding carboxylic acids is 1. The van der Waals surface area contributed by atoms with Crippen LogP contribution >= 0.6 is 23.2 Å². The van der Waals surface area contributed by atoms with E-state index in [0.29, 0.717) is 16.6 Å². The second-order valence-electron chi connectivity index (χ2n) is 7.59. The normalized spacial score (nSPS) is 16.2. The molecule has 1 N–H and O–H groups in total. The first kappa shape index (κ1) is 22.7. The number of methoxy groups -OCH3 is 2. The van der Waals surface area contributed by atoms with E-state index in [-0.39, 0.29) is 17.9 Å². The van der Waals surface area contributed by atoms with E-state index in [1.165, 1.54) is 0 Å². The van der Waals surface area contributed by atoms with Gasteiger partial charge in [0.2, 0.25) is 5.91 Å². The van der Waals surface area contributed by atoms with Gasteiger partial charge in [-0.05, 0) is 63.2 Å². The zero-order valence-corrected chi connectivity index (χ0v) is 19.1. The third-order valence-electron chi connectivity index (χ3n) is 5.66. The van der Waals surface area contributed by atoms with Crippen molar-refractivity contribution in [2.24, 2.45) is 5.92 Å². The van der Waals surface area contributed by atoms with Crippen molar-refractivity contribution < 1.29 is 14.3 Å². The standard InChI is InChI=1S/C23H28Cl2N2O3/c1-15(18-13-17(29-2)7-8-22(18)30-3)26-23(28)16-9-11-27(12-10-16)14-19-20(24)5-4-6-21(19)25/h4-8,13,15-16H,9-12,14H2,1-3H3,(H,26,28)/t15-/m0/s1. The molecule has 7 heteroatoms. The molecule has 0 aliphatic carbocycles. The summed E-state index contributed by atoms with van der Waals surface area (Å²) < 4.78 is 10.8. The van der Waals surface area contributed by atoms with Crippen molar-refractivity contribution in [1.82, 2.24) is 10.2 Å². The summed E-state index contributed by atoms with van der Waals surface area (Å²) in [5.74, 6) is 1.53. The first-order chi connectivity index (χ1) is 14.4. The average Bonchev–Trinajstić information content (AvgIpc) is 2.76. The molecule has 1 aliphatic rings. The first-order valence-corrected chi connectivity index (χ1v) is 10.9. The van der Waals surface area contributed by atoms with Gasteiger partial charge in [0.25, 0.3) is 0 Å². The summed E-state index contributed by atoms with van der Waals surface area (Å²) in [5, 5.41) is 4.51. The van der Waals surface area contributed by atoms with E-state index in [1.807, 2.05) is 43.3 Å². The summed E-state index contributed by atoms with van der Waals surface area (Å²) in [5.41, 5.74) is 1.85. The molecule has 0 spiro atoms. The molecule has 0 aromatic heterocycles. The first-order valence-electron chi connectivity index (χ1n) is 10.1. The summed E-state index contributed by atoms with van der Waals surface area (Å²) in [6.45, 7) is 4.32. The summed E-state index contributed by atoms with van der Waals surface area (Å²) in [7, 11) is 3.25. The summed E-state index contributed by atoms with van der Waals surface area (Å²) in [4.78, 5) is 15.2. The van der Waals surface area contributed by atoms with Gasteiger partial charge in [0.1, 0.15) is 11.5 Å². The van der Waals surface area contributed by atoms with Crippen LogP contribution < -0.4 is 14.8 Å². The fourth-order valence-electron chi connectivity index (χ4n) is 3.85. The minimum Gasteiger partial charge on any atom is -0.497 e. The predicted octanol–water partition coefficient (Wildman–Crippen LogP) is 5.10. The minimum atomic E-state index is -0.178. The van der Waals surface area contributed by atoms with Crippen LogP contribution in [0.2, 0.25) is 10.0 Å². The van der Waals surface area contributed by atoms with E-state index in [0.717, 1.165) is 48.6 Å². The lowest BCUT2D eigenvalue weighted by Crippen LogP contribution is -2.41. The van der Waals surface area contributed by atoms with Crippen LogP contribution in [0.5, 0.6) is 11.5 Å². The lowest BCUT2D eigenvalue weighted by molar-refractivity contribution is -0.127. The SMILES string of the molecule is COc1ccc(OC)c([C@H](C)NC(=O)C2CCN(Cc3c(Cl)cccc3Cl)CC2)c1. The second kappa shape index (κ2) is 10.4. The predicted molar refractivity (Wildman–Crippen MR) is 121 cm³/mol. The average molecular weight is 451 g/mol. The lowest BCUT2D eigenvalue weighted by Gasteiger charge is -2.32. The van der Waals surface area contributed by atoms with Crippen molar-refractivity contribution in [3.05, 3.63) is 57.6 Å². The Bertz CT molecular complexity index is 862. The fraction of sp³-hybridized carbons (Fsp3) is 0.435. The van der Waals surface area contributed by atoms with Crippen LogP contribution in [0.25, 0.3) is 0 Å². The molecule has 3 rings (SSSR count). The maximum Gasteiger partial charge on any atom is 0.223 e. The van der Waals surface area contributed by atoms with Crippen LogP contribution in [0.3, 0.4) is 0 Å². The van der Waals surface area contributed by atoms with Gasteiger partial charge in [0, 0.05) is 33.6 Å². The largest absolute Gasteiger partial charge is 0.497 e. The molecule has 0 bridgehead atoms. The summed E-state index contributed by atoms with van der Waals surface area (Å²) >= 11 is 12.6. The molecule has 162 valence electrons. The number of amides is 1. The number of ether oxygens (including phenoxy) is 2. The number of carbonyl (C=O) groups is 1. The van der Waals surface area contributed by atoms with Gasteiger partial charge in [-0.25, -0.2) is 0 Å². The molecule has 0 saturated carbocycles. The number of likely N-dealkylation sites (tertiary alicyclic amines) is 1. The Hall–Kier alpha value is -1.95. The third-order valence-corrected chi connectivity index (χ3v) is 6.37. The third kappa shape index (κ3) is 5.39. The van der Waals surface area contributed by atoms with Crippen LogP contribution in [-0.4, -0.2) is 38.1 Å². The van der Waals surface area contributed by atoms with Crippen LogP contribution in [0.15, 0.2) is 36.4 Å². The molecule has 1 atom stereocenters. The highest BCUT2D eigenvalue weighted by Gasteiger charge is 2.27. The number of rotatable bonds is 7. The number of hydrogen-bond acceptors (Lipinski definition) is 4. The topological polar surface area (TPSA) is 50.8 Å². The van der Waals surface area contributed by atoms with Crippen molar-refractivity contribution >= 4 is 29.1 Å². The smallest absolute Gasteiger partial charge is 0.223 e. The van der Waals surface area contributed by atoms with Gasteiger partial charge in [-0.1, -0.05) is 29.3 Å². The summed E-state index contributed by atoms with van der Waals surface area (Å²) in [6.07, 6.45) is 1.60. The Morgan fingerprint density at radius 1 is 1.13 bits per heavy atom. The Balaban J connectivity index is 1.57. The van der Waals surface area contributed by atoms with Gasteiger partial charge in [0.05, 0.1) is 20.3 Å². The Morgan fingerprint density at radius 3 is 2.40 bits per heavy atom. The maximum atomic E-state index is 12.9. The highest BCUT2D eigenvalue weighted by molar-refractivity contribution is 6.35. The molecule has 1 amide bonds. The number of halogens is 2. The highest BCUT2D eigenvalue weighted by atomic mass is 35.5. The molecule has 1 aliphatic heterocycles. The molecule has 0 radical (unpaired) electrons. The molecule has 30 heavy (non-hydrogen) atoms. The van der Waals surface area contributed by atoms with Crippen LogP contribution in [0, 0.1) is 5.92 Å². The monoisotopic (exact) mass is 450 g/mol. The summed E-state index contributed by atoms with van der Waals surface area (Å²) in [6, 6.07) is 11.0. The Labute approximate surface area is 188 Å². The molecule has 1 saturated heterocycles. The molecular formula is C23H28Cl2N2O3. The lowest BCUT2D eigenvalue weighted by atomic mass is 9.94. The van der Waals surface area contributed by atoms with Crippen molar-refractivity contribution in [2.75, 3.05) is 27.3 Å². The number of nitrogens with one attached hydrogen (secondary N) is 1. The Morgan fingerprint density at radius 2 is 1.80 bits per heavy atom. The zero-order chi connectivity index (χ0) is 21.7. The molecule has 1 heterocycles. The van der Waals surface area contributed by atoms with Crippen LogP contribution in [-0.2, 0) is 11.3 Å². The van der Waals surface area contributed by atoms with Crippen molar-refractivity contribution in [2.45, 2.75) is 32.4 Å². The highest BCUT2D eigenvalue weighted by Crippen LogP contribution is 2.31. The molecular weight excluding hydrogens is 423 g/mol. The Kier molecular flexibility index (Phi) is 7.87. The van der Waals surface area contributed by atoms with Gasteiger partial charge < -0.3 is 14.8 Å². The van der Waals surface area contributed by atoms with E-state index >= 15 is 0 Å². The van der Waals surface area contributed by atoms with E-state index in [4.69, 9.17) is 32.7 Å². The number of piperidine rings is 1. The van der Waals surface area contributed by atoms with Gasteiger partial charge in [-0.15, -0.1) is 0 Å². The zero-order valence-electron chi connectivity index (χ0n) is 17.6. The van der Waals surface area contributed by atoms with E-state index in [1.54, 1.807) is 14.2 Å². The molecule has 2 aromatic carbocycles. The van der Waals surface area contributed by atoms with Crippen molar-refractivity contribution in [1.29, 1.82) is 0 Å². The minimum absolute atomic E-state index is 0.0120. The number of nitrogens with zero attached hydrogens (tertiary/aromatic N) is 1. The van der Waals surface area contributed by atoms with Crippen LogP contribution in [0.4, 0.5) is 0 Å². The van der Waals surface area contributed by atoms with Crippen molar-refractivity contribution in [3.8, 4) is 11.5 Å². The van der Waals surface area contributed by atoms with Gasteiger partial charge in [-0.2, -0.15) is 0 Å². The quantitative estimate of drug-likeness (QED) is 0.637. The molecule has 2 aromatic rings. The van der Waals surface area contributed by atoms with E-state index in [9.17, 15) is 4.79 Å². The van der Waals surface area contributed by atoms with Gasteiger partial charge in [-0.3, -0.25) is 9.69 Å². The van der Waals surface area contributed by atoms with Gasteiger partial charge >= 0.3 is 0 Å². The van der Waals surface area contributed by atoms with Crippen molar-refractivity contribution in [3.63, 3.8) is 0 Å². The second-order valence-corrected chi connectivity index (χ2v) is 8.40. The maximum absolute atomic E-state index is 12.9. The number of benzene rings is 2.